The highest BCUT2D eigenvalue weighted by Gasteiger charge is 2.46. The number of carbonyl (C=O) groups is 1. The normalized spacial score (nSPS) is 31.3. The van der Waals surface area contributed by atoms with E-state index in [9.17, 15) is 14.3 Å². The molecule has 1 fully saturated rings. The van der Waals surface area contributed by atoms with Crippen LogP contribution < -0.4 is 0 Å². The Morgan fingerprint density at radius 3 is 2.67 bits per heavy atom. The average Bonchev–Trinajstić information content (AvgIpc) is 2.67. The molecule has 0 aromatic heterocycles. The van der Waals surface area contributed by atoms with Gasteiger partial charge in [-0.15, -0.1) is 0 Å². The molecule has 4 nitrogen and oxygen atoms in total. The second-order valence-corrected chi connectivity index (χ2v) is 4.15. The first kappa shape index (κ1) is 13.0. The number of aliphatic hydroxyl groups excluding tert-OH is 1. The first-order valence-corrected chi connectivity index (χ1v) is 5.87. The first-order valence-electron chi connectivity index (χ1n) is 5.87. The van der Waals surface area contributed by atoms with Gasteiger partial charge < -0.3 is 14.6 Å². The third-order valence-electron chi connectivity index (χ3n) is 2.92. The molecule has 18 heavy (non-hydrogen) atoms. The number of carbonyl (C=O) groups excluding carboxylic acids is 1. The fourth-order valence-electron chi connectivity index (χ4n) is 1.91. The van der Waals surface area contributed by atoms with Gasteiger partial charge in [0.25, 0.3) is 0 Å². The van der Waals surface area contributed by atoms with Crippen LogP contribution in [0.25, 0.3) is 0 Å². The van der Waals surface area contributed by atoms with Crippen LogP contribution in [0.5, 0.6) is 0 Å². The van der Waals surface area contributed by atoms with Crippen LogP contribution in [0.4, 0.5) is 4.39 Å². The molecule has 1 aliphatic rings. The lowest BCUT2D eigenvalue weighted by atomic mass is 10.1. The maximum absolute atomic E-state index is 13.8. The van der Waals surface area contributed by atoms with Crippen LogP contribution in [0.1, 0.15) is 23.7 Å². The van der Waals surface area contributed by atoms with Gasteiger partial charge in [0.05, 0.1) is 11.7 Å². The molecule has 98 valence electrons. The van der Waals surface area contributed by atoms with E-state index in [1.54, 1.807) is 37.3 Å². The number of aliphatic hydroxyl groups is 1. The van der Waals surface area contributed by atoms with Gasteiger partial charge in [-0.05, 0) is 18.6 Å². The summed E-state index contributed by atoms with van der Waals surface area (Å²) in [6, 6.07) is 8.25. The van der Waals surface area contributed by atoms with Crippen molar-refractivity contribution in [3.63, 3.8) is 0 Å². The van der Waals surface area contributed by atoms with E-state index in [1.165, 1.54) is 0 Å². The van der Waals surface area contributed by atoms with Crippen LogP contribution in [0.3, 0.4) is 0 Å². The molecule has 1 aromatic carbocycles. The van der Waals surface area contributed by atoms with Gasteiger partial charge >= 0.3 is 5.97 Å². The molecule has 1 aliphatic heterocycles. The molecule has 0 radical (unpaired) electrons. The smallest absolute Gasteiger partial charge is 0.338 e. The zero-order valence-electron chi connectivity index (χ0n) is 9.95. The molecular formula is C13H15FO4. The number of rotatable bonds is 3. The minimum atomic E-state index is -1.50. The van der Waals surface area contributed by atoms with E-state index in [0.717, 1.165) is 0 Å². The van der Waals surface area contributed by atoms with E-state index in [2.05, 4.69) is 0 Å². The van der Waals surface area contributed by atoms with Gasteiger partial charge in [0.2, 0.25) is 0 Å². The molecule has 0 amide bonds. The van der Waals surface area contributed by atoms with Crippen LogP contribution in [-0.4, -0.2) is 35.7 Å². The third-order valence-corrected chi connectivity index (χ3v) is 2.92. The van der Waals surface area contributed by atoms with Crippen molar-refractivity contribution in [2.75, 3.05) is 0 Å². The highest BCUT2D eigenvalue weighted by molar-refractivity contribution is 5.89. The third kappa shape index (κ3) is 2.52. The van der Waals surface area contributed by atoms with Crippen molar-refractivity contribution in [1.82, 2.24) is 0 Å². The van der Waals surface area contributed by atoms with E-state index in [-0.39, 0.29) is 0 Å². The Morgan fingerprint density at radius 1 is 1.44 bits per heavy atom. The molecule has 1 unspecified atom stereocenters. The second kappa shape index (κ2) is 5.46. The Kier molecular flexibility index (Phi) is 3.93. The van der Waals surface area contributed by atoms with Gasteiger partial charge in [-0.2, -0.15) is 0 Å². The van der Waals surface area contributed by atoms with E-state index >= 15 is 0 Å². The Balaban J connectivity index is 2.04. The van der Waals surface area contributed by atoms with Gasteiger partial charge in [-0.3, -0.25) is 0 Å². The highest BCUT2D eigenvalue weighted by atomic mass is 19.1. The van der Waals surface area contributed by atoms with Gasteiger partial charge in [-0.1, -0.05) is 25.1 Å². The van der Waals surface area contributed by atoms with Gasteiger partial charge in [-0.25, -0.2) is 9.18 Å². The lowest BCUT2D eigenvalue weighted by Gasteiger charge is -2.16. The van der Waals surface area contributed by atoms with Crippen molar-refractivity contribution >= 4 is 5.97 Å². The summed E-state index contributed by atoms with van der Waals surface area (Å²) in [5.74, 6) is -0.664. The zero-order valence-corrected chi connectivity index (χ0v) is 9.95. The van der Waals surface area contributed by atoms with Crippen LogP contribution in [0.15, 0.2) is 30.3 Å². The average molecular weight is 254 g/mol. The van der Waals surface area contributed by atoms with Gasteiger partial charge in [0.1, 0.15) is 0 Å². The molecule has 0 aliphatic carbocycles. The molecule has 1 N–H and O–H groups in total. The van der Waals surface area contributed by atoms with Crippen molar-refractivity contribution < 1.29 is 23.8 Å². The summed E-state index contributed by atoms with van der Waals surface area (Å²) < 4.78 is 23.8. The number of esters is 1. The summed E-state index contributed by atoms with van der Waals surface area (Å²) >= 11 is 0. The molecule has 2 rings (SSSR count). The minimum Gasteiger partial charge on any atom is -0.450 e. The largest absolute Gasteiger partial charge is 0.450 e. The topological polar surface area (TPSA) is 55.8 Å². The standard InChI is InChI=1S/C13H15FO4/c1-2-9-10(14)11(13(16)17-9)18-12(15)8-6-4-3-5-7-8/h3-7,9-11,13,16H,2H2,1H3/t9-,10-,11-,13?/m1/s1. The molecule has 1 heterocycles. The number of ether oxygens (including phenoxy) is 2. The quantitative estimate of drug-likeness (QED) is 0.834. The summed E-state index contributed by atoms with van der Waals surface area (Å²) in [5, 5.41) is 9.52. The van der Waals surface area contributed by atoms with E-state index in [1.807, 2.05) is 0 Å². The molecule has 4 atom stereocenters. The lowest BCUT2D eigenvalue weighted by molar-refractivity contribution is -0.129. The van der Waals surface area contributed by atoms with Crippen molar-refractivity contribution in [3.8, 4) is 0 Å². The molecule has 0 spiro atoms. The van der Waals surface area contributed by atoms with Crippen LogP contribution in [-0.2, 0) is 9.47 Å². The monoisotopic (exact) mass is 254 g/mol. The van der Waals surface area contributed by atoms with E-state index in [4.69, 9.17) is 9.47 Å². The predicted octanol–water partition coefficient (Wildman–Crippen LogP) is 1.68. The van der Waals surface area contributed by atoms with E-state index in [0.29, 0.717) is 12.0 Å². The van der Waals surface area contributed by atoms with Gasteiger partial charge in [0, 0.05) is 0 Å². The molecule has 0 bridgehead atoms. The lowest BCUT2D eigenvalue weighted by Crippen LogP contribution is -2.34. The van der Waals surface area contributed by atoms with Crippen LogP contribution in [0.2, 0.25) is 0 Å². The number of benzene rings is 1. The number of halogens is 1. The van der Waals surface area contributed by atoms with Crippen molar-refractivity contribution in [2.45, 2.75) is 38.0 Å². The molecular weight excluding hydrogens is 239 g/mol. The van der Waals surface area contributed by atoms with Crippen molar-refractivity contribution in [1.29, 1.82) is 0 Å². The summed E-state index contributed by atoms with van der Waals surface area (Å²) in [7, 11) is 0. The Labute approximate surface area is 104 Å². The SMILES string of the molecule is CC[C@H]1OC(O)[C@H](OC(=O)c2ccccc2)[C@@H]1F. The van der Waals surface area contributed by atoms with Crippen LogP contribution >= 0.6 is 0 Å². The molecule has 0 saturated carbocycles. The maximum Gasteiger partial charge on any atom is 0.338 e. The Hall–Kier alpha value is -1.46. The molecule has 1 aromatic rings. The summed E-state index contributed by atoms with van der Waals surface area (Å²) in [4.78, 5) is 11.7. The molecule has 1 saturated heterocycles. The molecule has 5 heteroatoms. The summed E-state index contributed by atoms with van der Waals surface area (Å²) in [6.07, 6.45) is -4.48. The number of hydrogen-bond acceptors (Lipinski definition) is 4. The Bertz CT molecular complexity index is 409. The fourth-order valence-corrected chi connectivity index (χ4v) is 1.91. The maximum atomic E-state index is 13.8. The Morgan fingerprint density at radius 2 is 2.11 bits per heavy atom. The fraction of sp³-hybridized carbons (Fsp3) is 0.462. The number of hydrogen-bond donors (Lipinski definition) is 1. The van der Waals surface area contributed by atoms with Gasteiger partial charge in [0.15, 0.2) is 18.6 Å². The predicted molar refractivity (Wildman–Crippen MR) is 61.7 cm³/mol. The summed E-state index contributed by atoms with van der Waals surface area (Å²) in [6.45, 7) is 1.74. The van der Waals surface area contributed by atoms with Crippen LogP contribution in [0, 0.1) is 0 Å². The number of alkyl halides is 1. The second-order valence-electron chi connectivity index (χ2n) is 4.15. The summed E-state index contributed by atoms with van der Waals surface area (Å²) in [5.41, 5.74) is 0.317. The first-order chi connectivity index (χ1) is 8.63. The van der Waals surface area contributed by atoms with E-state index < -0.39 is 30.6 Å². The zero-order chi connectivity index (χ0) is 13.1. The van der Waals surface area contributed by atoms with Crippen molar-refractivity contribution in [3.05, 3.63) is 35.9 Å². The van der Waals surface area contributed by atoms with Crippen molar-refractivity contribution in [2.24, 2.45) is 0 Å². The highest BCUT2D eigenvalue weighted by Crippen LogP contribution is 2.27. The minimum absolute atomic E-state index is 0.317.